The predicted molar refractivity (Wildman–Crippen MR) is 134 cm³/mol. The van der Waals surface area contributed by atoms with E-state index < -0.39 is 9.84 Å². The van der Waals surface area contributed by atoms with Crippen LogP contribution >= 0.6 is 11.6 Å². The van der Waals surface area contributed by atoms with Gasteiger partial charge in [0.1, 0.15) is 6.54 Å². The molecular weight excluding hydrogens is 458 g/mol. The van der Waals surface area contributed by atoms with Crippen molar-refractivity contribution >= 4 is 49.6 Å². The van der Waals surface area contributed by atoms with Gasteiger partial charge in [0.15, 0.2) is 9.84 Å². The summed E-state index contributed by atoms with van der Waals surface area (Å²) in [5.74, 6) is -0.464. The van der Waals surface area contributed by atoms with Crippen LogP contribution in [0.2, 0.25) is 5.02 Å². The molecule has 4 aromatic rings. The third kappa shape index (κ3) is 5.05. The van der Waals surface area contributed by atoms with Crippen molar-refractivity contribution in [3.8, 4) is 0 Å². The van der Waals surface area contributed by atoms with E-state index in [9.17, 15) is 13.2 Å². The lowest BCUT2D eigenvalue weighted by atomic mass is 10.2. The van der Waals surface area contributed by atoms with Gasteiger partial charge in [-0.3, -0.25) is 4.79 Å². The molecule has 0 unspecified atom stereocenters. The number of para-hydroxylation sites is 1. The van der Waals surface area contributed by atoms with Gasteiger partial charge in [-0.05, 0) is 42.0 Å². The summed E-state index contributed by atoms with van der Waals surface area (Å²) >= 11 is 6.19. The van der Waals surface area contributed by atoms with Gasteiger partial charge < -0.3 is 14.8 Å². The van der Waals surface area contributed by atoms with Crippen molar-refractivity contribution in [3.05, 3.63) is 89.6 Å². The van der Waals surface area contributed by atoms with E-state index in [1.165, 1.54) is 6.20 Å². The molecule has 4 rings (SSSR count). The highest BCUT2D eigenvalue weighted by molar-refractivity contribution is 7.90. The number of hydrogen-bond donors (Lipinski definition) is 1. The number of halogens is 1. The smallest absolute Gasteiger partial charge is 0.244 e. The molecule has 0 aliphatic rings. The number of sulfone groups is 1. The fourth-order valence-electron chi connectivity index (χ4n) is 3.69. The molecule has 0 spiro atoms. The summed E-state index contributed by atoms with van der Waals surface area (Å²) in [7, 11) is 0.202. The van der Waals surface area contributed by atoms with Gasteiger partial charge in [0.25, 0.3) is 0 Å². The SMILES string of the molecule is CN(C)c1ccc(NC(=O)Cn2cc(S(=O)(=O)Cc3ccccc3Cl)c3ccccc32)cc1. The lowest BCUT2D eigenvalue weighted by Gasteiger charge is -2.13. The van der Waals surface area contributed by atoms with Gasteiger partial charge in [-0.15, -0.1) is 0 Å². The Labute approximate surface area is 198 Å². The number of nitrogens with one attached hydrogen (secondary N) is 1. The highest BCUT2D eigenvalue weighted by atomic mass is 35.5. The normalized spacial score (nSPS) is 11.5. The van der Waals surface area contributed by atoms with Crippen LogP contribution in [0.4, 0.5) is 11.4 Å². The fraction of sp³-hybridized carbons (Fsp3) is 0.160. The molecule has 33 heavy (non-hydrogen) atoms. The number of anilines is 2. The average Bonchev–Trinajstić information content (AvgIpc) is 3.15. The lowest BCUT2D eigenvalue weighted by Crippen LogP contribution is -2.18. The Morgan fingerprint density at radius 3 is 2.33 bits per heavy atom. The molecule has 0 fully saturated rings. The van der Waals surface area contributed by atoms with Crippen molar-refractivity contribution in [2.45, 2.75) is 17.2 Å². The summed E-state index contributed by atoms with van der Waals surface area (Å²) in [6.07, 6.45) is 1.53. The standard InChI is InChI=1S/C25H24ClN3O3S/c1-28(2)20-13-11-19(12-14-20)27-25(30)16-29-15-24(21-8-4-6-10-23(21)29)33(31,32)17-18-7-3-5-9-22(18)26/h3-15H,16-17H2,1-2H3,(H,27,30). The van der Waals surface area contributed by atoms with Crippen LogP contribution in [0.1, 0.15) is 5.56 Å². The first-order valence-corrected chi connectivity index (χ1v) is 12.4. The van der Waals surface area contributed by atoms with Crippen molar-refractivity contribution in [1.82, 2.24) is 4.57 Å². The van der Waals surface area contributed by atoms with E-state index in [1.807, 2.05) is 55.4 Å². The molecule has 0 saturated carbocycles. The summed E-state index contributed by atoms with van der Waals surface area (Å²) in [6, 6.07) is 21.6. The molecular formula is C25H24ClN3O3S. The molecule has 1 N–H and O–H groups in total. The van der Waals surface area contributed by atoms with Crippen molar-refractivity contribution in [2.24, 2.45) is 0 Å². The summed E-state index contributed by atoms with van der Waals surface area (Å²) in [4.78, 5) is 14.9. The zero-order valence-electron chi connectivity index (χ0n) is 18.3. The fourth-order valence-corrected chi connectivity index (χ4v) is 5.58. The number of amides is 1. The first-order valence-electron chi connectivity index (χ1n) is 10.4. The van der Waals surface area contributed by atoms with E-state index in [2.05, 4.69) is 5.32 Å². The minimum absolute atomic E-state index is 0.0163. The van der Waals surface area contributed by atoms with Crippen molar-refractivity contribution in [2.75, 3.05) is 24.3 Å². The Hall–Kier alpha value is -3.29. The van der Waals surface area contributed by atoms with E-state index >= 15 is 0 Å². The minimum Gasteiger partial charge on any atom is -0.378 e. The molecule has 170 valence electrons. The lowest BCUT2D eigenvalue weighted by molar-refractivity contribution is -0.116. The van der Waals surface area contributed by atoms with Gasteiger partial charge in [-0.25, -0.2) is 8.42 Å². The second kappa shape index (κ2) is 9.29. The van der Waals surface area contributed by atoms with Gasteiger partial charge in [0, 0.05) is 47.6 Å². The Kier molecular flexibility index (Phi) is 6.44. The zero-order valence-corrected chi connectivity index (χ0v) is 19.9. The maximum Gasteiger partial charge on any atom is 0.244 e. The third-order valence-corrected chi connectivity index (χ3v) is 7.43. The molecule has 3 aromatic carbocycles. The summed E-state index contributed by atoms with van der Waals surface area (Å²) in [5, 5.41) is 3.85. The van der Waals surface area contributed by atoms with Gasteiger partial charge in [-0.2, -0.15) is 0 Å². The molecule has 1 amide bonds. The van der Waals surface area contributed by atoms with E-state index in [0.29, 0.717) is 27.2 Å². The molecule has 8 heteroatoms. The molecule has 0 aliphatic carbocycles. The van der Waals surface area contributed by atoms with Crippen LogP contribution in [0.25, 0.3) is 10.9 Å². The van der Waals surface area contributed by atoms with E-state index in [0.717, 1.165) is 5.69 Å². The van der Waals surface area contributed by atoms with Gasteiger partial charge in [0.05, 0.1) is 10.6 Å². The van der Waals surface area contributed by atoms with Crippen molar-refractivity contribution in [3.63, 3.8) is 0 Å². The third-order valence-electron chi connectivity index (χ3n) is 5.37. The number of carbonyl (C=O) groups is 1. The second-order valence-electron chi connectivity index (χ2n) is 7.98. The van der Waals surface area contributed by atoms with Crippen LogP contribution in [0.5, 0.6) is 0 Å². The largest absolute Gasteiger partial charge is 0.378 e. The van der Waals surface area contributed by atoms with Crippen molar-refractivity contribution in [1.29, 1.82) is 0 Å². The molecule has 6 nitrogen and oxygen atoms in total. The molecule has 0 atom stereocenters. The maximum atomic E-state index is 13.3. The van der Waals surface area contributed by atoms with Crippen LogP contribution in [-0.4, -0.2) is 33.0 Å². The molecule has 0 aliphatic heterocycles. The number of rotatable bonds is 7. The van der Waals surface area contributed by atoms with Crippen LogP contribution in [-0.2, 0) is 26.9 Å². The Morgan fingerprint density at radius 2 is 1.64 bits per heavy atom. The number of aromatic nitrogens is 1. The monoisotopic (exact) mass is 481 g/mol. The predicted octanol–water partition coefficient (Wildman–Crippen LogP) is 4.97. The number of carbonyl (C=O) groups excluding carboxylic acids is 1. The molecule has 0 saturated heterocycles. The highest BCUT2D eigenvalue weighted by Crippen LogP contribution is 2.29. The highest BCUT2D eigenvalue weighted by Gasteiger charge is 2.23. The number of benzene rings is 3. The quantitative estimate of drug-likeness (QED) is 0.404. The van der Waals surface area contributed by atoms with Gasteiger partial charge >= 0.3 is 0 Å². The zero-order chi connectivity index (χ0) is 23.6. The van der Waals surface area contributed by atoms with E-state index in [1.54, 1.807) is 41.0 Å². The van der Waals surface area contributed by atoms with Crippen LogP contribution in [0.15, 0.2) is 83.9 Å². The number of hydrogen-bond acceptors (Lipinski definition) is 4. The molecule has 1 heterocycles. The molecule has 0 bridgehead atoms. The van der Waals surface area contributed by atoms with Gasteiger partial charge in [0.2, 0.25) is 5.91 Å². The number of fused-ring (bicyclic) bond motifs is 1. The van der Waals surface area contributed by atoms with Crippen molar-refractivity contribution < 1.29 is 13.2 Å². The van der Waals surface area contributed by atoms with Crippen LogP contribution in [0.3, 0.4) is 0 Å². The minimum atomic E-state index is -3.69. The number of nitrogens with zero attached hydrogens (tertiary/aromatic N) is 2. The molecule has 1 aromatic heterocycles. The second-order valence-corrected chi connectivity index (χ2v) is 10.3. The first kappa shape index (κ1) is 22.9. The summed E-state index contributed by atoms with van der Waals surface area (Å²) in [6.45, 7) is -0.0163. The summed E-state index contributed by atoms with van der Waals surface area (Å²) < 4.78 is 28.2. The van der Waals surface area contributed by atoms with E-state index in [4.69, 9.17) is 11.6 Å². The molecule has 0 radical (unpaired) electrons. The summed E-state index contributed by atoms with van der Waals surface area (Å²) in [5.41, 5.74) is 2.91. The topological polar surface area (TPSA) is 71.4 Å². The van der Waals surface area contributed by atoms with Crippen LogP contribution in [0, 0.1) is 0 Å². The first-order chi connectivity index (χ1) is 15.7. The maximum absolute atomic E-state index is 13.3. The van der Waals surface area contributed by atoms with Gasteiger partial charge in [-0.1, -0.05) is 48.0 Å². The van der Waals surface area contributed by atoms with E-state index in [-0.39, 0.29) is 23.1 Å². The Morgan fingerprint density at radius 1 is 0.970 bits per heavy atom. The van der Waals surface area contributed by atoms with Crippen LogP contribution < -0.4 is 10.2 Å². The average molecular weight is 482 g/mol. The Bertz CT molecular complexity index is 1410. The Balaban J connectivity index is 1.60.